The Morgan fingerprint density at radius 3 is 2.56 bits per heavy atom. The van der Waals surface area contributed by atoms with Crippen LogP contribution in [0.25, 0.3) is 5.53 Å². The van der Waals surface area contributed by atoms with Gasteiger partial charge in [0.05, 0.1) is 7.11 Å². The smallest absolute Gasteiger partial charge is 0.418 e. The van der Waals surface area contributed by atoms with Crippen molar-refractivity contribution >= 4 is 17.4 Å². The number of benzene rings is 1. The molecule has 0 heterocycles. The molecule has 1 unspecified atom stereocenters. The van der Waals surface area contributed by atoms with Gasteiger partial charge in [-0.15, -0.1) is 0 Å². The summed E-state index contributed by atoms with van der Waals surface area (Å²) in [4.78, 5) is 14.2. The second-order valence-corrected chi connectivity index (χ2v) is 3.21. The molecular formula is C11H13N3O2. The first-order valence-electron chi connectivity index (χ1n) is 4.81. The number of hydrogen-bond donors (Lipinski definition) is 1. The first-order chi connectivity index (χ1) is 7.69. The Bertz CT molecular complexity index is 410. The van der Waals surface area contributed by atoms with E-state index >= 15 is 0 Å². The average molecular weight is 219 g/mol. The van der Waals surface area contributed by atoms with Gasteiger partial charge in [-0.25, -0.2) is 4.79 Å². The van der Waals surface area contributed by atoms with Crippen molar-refractivity contribution in [2.75, 3.05) is 12.4 Å². The maximum absolute atomic E-state index is 11.2. The van der Waals surface area contributed by atoms with Crippen LogP contribution in [0.2, 0.25) is 0 Å². The predicted molar refractivity (Wildman–Crippen MR) is 60.2 cm³/mol. The molecule has 0 aromatic heterocycles. The summed E-state index contributed by atoms with van der Waals surface area (Å²) >= 11 is 0. The Balaban J connectivity index is 2.75. The molecular weight excluding hydrogens is 206 g/mol. The van der Waals surface area contributed by atoms with E-state index in [1.807, 2.05) is 30.3 Å². The molecule has 1 atom stereocenters. The number of ether oxygens (including phenoxy) is 1. The fourth-order valence-corrected chi connectivity index (χ4v) is 1.26. The van der Waals surface area contributed by atoms with Crippen molar-refractivity contribution in [1.82, 2.24) is 0 Å². The van der Waals surface area contributed by atoms with Gasteiger partial charge >= 0.3 is 11.7 Å². The molecule has 1 N–H and O–H groups in total. The molecule has 0 aliphatic carbocycles. The summed E-state index contributed by atoms with van der Waals surface area (Å²) < 4.78 is 4.49. The Morgan fingerprint density at radius 2 is 2.06 bits per heavy atom. The summed E-state index contributed by atoms with van der Waals surface area (Å²) in [7, 11) is 1.24. The van der Waals surface area contributed by atoms with Gasteiger partial charge in [0.2, 0.25) is 0 Å². The van der Waals surface area contributed by atoms with E-state index in [2.05, 4.69) is 14.8 Å². The van der Waals surface area contributed by atoms with Gasteiger partial charge in [-0.3, -0.25) is 0 Å². The molecule has 84 valence electrons. The van der Waals surface area contributed by atoms with Gasteiger partial charge in [-0.2, -0.15) is 4.79 Å². The molecule has 1 aromatic carbocycles. The zero-order valence-corrected chi connectivity index (χ0v) is 9.18. The number of rotatable bonds is 4. The van der Waals surface area contributed by atoms with Gasteiger partial charge in [-0.1, -0.05) is 18.2 Å². The highest BCUT2D eigenvalue weighted by Crippen LogP contribution is 2.07. The molecule has 0 saturated heterocycles. The zero-order chi connectivity index (χ0) is 12.0. The van der Waals surface area contributed by atoms with Crippen LogP contribution >= 0.6 is 0 Å². The minimum Gasteiger partial charge on any atom is -0.460 e. The number of esters is 1. The fourth-order valence-electron chi connectivity index (χ4n) is 1.26. The van der Waals surface area contributed by atoms with Gasteiger partial charge < -0.3 is 15.6 Å². The highest BCUT2D eigenvalue weighted by molar-refractivity contribution is 6.36. The van der Waals surface area contributed by atoms with E-state index in [0.717, 1.165) is 5.69 Å². The Morgan fingerprint density at radius 1 is 1.44 bits per heavy atom. The predicted octanol–water partition coefficient (Wildman–Crippen LogP) is 1.33. The SMILES string of the molecule is COC(=O)C(=[N+]=[N-])C(C)Nc1ccccc1. The average Bonchev–Trinajstić information content (AvgIpc) is 2.31. The van der Waals surface area contributed by atoms with E-state index in [-0.39, 0.29) is 5.71 Å². The lowest BCUT2D eigenvalue weighted by Gasteiger charge is -2.09. The van der Waals surface area contributed by atoms with E-state index in [1.165, 1.54) is 7.11 Å². The number of carbonyl (C=O) groups is 1. The lowest BCUT2D eigenvalue weighted by atomic mass is 10.2. The fraction of sp³-hybridized carbons (Fsp3) is 0.273. The summed E-state index contributed by atoms with van der Waals surface area (Å²) in [5, 5.41) is 3.02. The lowest BCUT2D eigenvalue weighted by Crippen LogP contribution is -2.34. The summed E-state index contributed by atoms with van der Waals surface area (Å²) in [6.07, 6.45) is 0. The molecule has 0 radical (unpaired) electrons. The second-order valence-electron chi connectivity index (χ2n) is 3.21. The first-order valence-corrected chi connectivity index (χ1v) is 4.81. The molecule has 0 saturated carbocycles. The van der Waals surface area contributed by atoms with Crippen LogP contribution in [0.5, 0.6) is 0 Å². The minimum absolute atomic E-state index is 0.0636. The molecule has 0 bridgehead atoms. The molecule has 0 aliphatic rings. The third-order valence-corrected chi connectivity index (χ3v) is 2.07. The molecule has 0 amide bonds. The van der Waals surface area contributed by atoms with E-state index in [1.54, 1.807) is 6.92 Å². The molecule has 5 nitrogen and oxygen atoms in total. The number of methoxy groups -OCH3 is 1. The second kappa shape index (κ2) is 5.68. The summed E-state index contributed by atoms with van der Waals surface area (Å²) in [6.45, 7) is 1.71. The molecule has 1 aromatic rings. The van der Waals surface area contributed by atoms with Crippen LogP contribution in [0.15, 0.2) is 30.3 Å². The van der Waals surface area contributed by atoms with Crippen LogP contribution in [0, 0.1) is 0 Å². The third-order valence-electron chi connectivity index (χ3n) is 2.07. The van der Waals surface area contributed by atoms with E-state index in [9.17, 15) is 4.79 Å². The van der Waals surface area contributed by atoms with Crippen molar-refractivity contribution in [2.45, 2.75) is 13.0 Å². The molecule has 0 fully saturated rings. The van der Waals surface area contributed by atoms with Gasteiger partial charge in [-0.05, 0) is 19.1 Å². The van der Waals surface area contributed by atoms with Crippen LogP contribution < -0.4 is 5.32 Å². The van der Waals surface area contributed by atoms with Crippen molar-refractivity contribution in [3.8, 4) is 0 Å². The third kappa shape index (κ3) is 2.93. The van der Waals surface area contributed by atoms with Crippen LogP contribution in [0.4, 0.5) is 5.69 Å². The van der Waals surface area contributed by atoms with Crippen molar-refractivity contribution in [1.29, 1.82) is 0 Å². The van der Waals surface area contributed by atoms with Crippen molar-refractivity contribution in [3.63, 3.8) is 0 Å². The van der Waals surface area contributed by atoms with Gasteiger partial charge in [0, 0.05) is 5.69 Å². The minimum atomic E-state index is -0.654. The van der Waals surface area contributed by atoms with Crippen LogP contribution in [0.3, 0.4) is 0 Å². The van der Waals surface area contributed by atoms with Gasteiger partial charge in [0.25, 0.3) is 0 Å². The summed E-state index contributed by atoms with van der Waals surface area (Å²) in [6, 6.07) is 8.88. The Hall–Kier alpha value is -2.13. The Kier molecular flexibility index (Phi) is 4.24. The van der Waals surface area contributed by atoms with Crippen LogP contribution in [-0.4, -0.2) is 29.6 Å². The zero-order valence-electron chi connectivity index (χ0n) is 9.18. The molecule has 0 aliphatic heterocycles. The monoisotopic (exact) mass is 219 g/mol. The normalized spacial score (nSPS) is 11.1. The quantitative estimate of drug-likeness (QED) is 0.359. The van der Waals surface area contributed by atoms with E-state index < -0.39 is 12.0 Å². The van der Waals surface area contributed by atoms with E-state index in [4.69, 9.17) is 5.53 Å². The largest absolute Gasteiger partial charge is 0.460 e. The molecule has 1 rings (SSSR count). The van der Waals surface area contributed by atoms with E-state index in [0.29, 0.717) is 0 Å². The summed E-state index contributed by atoms with van der Waals surface area (Å²) in [5.74, 6) is -0.654. The molecule has 0 spiro atoms. The number of hydrogen-bond acceptors (Lipinski definition) is 3. The number of carbonyl (C=O) groups excluding carboxylic acids is 1. The highest BCUT2D eigenvalue weighted by Gasteiger charge is 2.28. The maximum Gasteiger partial charge on any atom is 0.418 e. The lowest BCUT2D eigenvalue weighted by molar-refractivity contribution is -0.137. The van der Waals surface area contributed by atoms with Crippen molar-refractivity contribution < 1.29 is 14.3 Å². The number of nitrogens with one attached hydrogen (secondary N) is 1. The topological polar surface area (TPSA) is 74.7 Å². The van der Waals surface area contributed by atoms with Crippen LogP contribution in [-0.2, 0) is 9.53 Å². The first kappa shape index (κ1) is 11.9. The van der Waals surface area contributed by atoms with Crippen molar-refractivity contribution in [3.05, 3.63) is 35.9 Å². The van der Waals surface area contributed by atoms with Gasteiger partial charge in [0.15, 0.2) is 0 Å². The summed E-state index contributed by atoms with van der Waals surface area (Å²) in [5.41, 5.74) is 9.49. The van der Waals surface area contributed by atoms with Crippen molar-refractivity contribution in [2.24, 2.45) is 0 Å². The number of nitrogens with zero attached hydrogens (tertiary/aromatic N) is 2. The molecule has 16 heavy (non-hydrogen) atoms. The molecule has 5 heteroatoms. The standard InChI is InChI=1S/C11H13N3O2/c1-8(10(14-12)11(15)16-2)13-9-6-4-3-5-7-9/h3-8,13H,1-2H3. The number of anilines is 1. The highest BCUT2D eigenvalue weighted by atomic mass is 16.5. The van der Waals surface area contributed by atoms with Gasteiger partial charge in [0.1, 0.15) is 6.04 Å². The number of para-hydroxylation sites is 1. The Labute approximate surface area is 93.7 Å². The van der Waals surface area contributed by atoms with Crippen LogP contribution in [0.1, 0.15) is 6.92 Å². The maximum atomic E-state index is 11.2.